The third kappa shape index (κ3) is 7.97. The van der Waals surface area contributed by atoms with E-state index in [1.54, 1.807) is 30.3 Å². The molecule has 2 aromatic carbocycles. The van der Waals surface area contributed by atoms with Crippen molar-refractivity contribution in [1.29, 1.82) is 0 Å². The first-order valence-corrected chi connectivity index (χ1v) is 14.2. The number of sulfonamides is 1. The first kappa shape index (κ1) is 28.7. The van der Waals surface area contributed by atoms with Crippen LogP contribution in [0.1, 0.15) is 51.2 Å². The van der Waals surface area contributed by atoms with Gasteiger partial charge in [-0.05, 0) is 42.5 Å². The normalized spacial score (nSPS) is 12.1. The van der Waals surface area contributed by atoms with Crippen LogP contribution in [0.15, 0.2) is 48.5 Å². The van der Waals surface area contributed by atoms with Gasteiger partial charge in [0.25, 0.3) is 0 Å². The number of amides is 2. The molecule has 2 amide bonds. The lowest BCUT2D eigenvalue weighted by atomic mass is 10.1. The molecule has 2 rings (SSSR count). The third-order valence-electron chi connectivity index (χ3n) is 5.83. The Hall–Kier alpha value is -2.58. The van der Waals surface area contributed by atoms with Crippen LogP contribution in [0.25, 0.3) is 0 Å². The van der Waals surface area contributed by atoms with Gasteiger partial charge in [-0.15, -0.1) is 0 Å². The fraction of sp³-hybridized carbons (Fsp3) is 0.462. The summed E-state index contributed by atoms with van der Waals surface area (Å²) in [5, 5.41) is 3.38. The Morgan fingerprint density at radius 1 is 1.00 bits per heavy atom. The standard InChI is InChI=1S/C26H36ClN3O4S/c1-5-8-17-28-26(32)23(7-3)29(18-21-14-9-11-15-22(21)27)25(31)19-30(35(4,33)34)24-16-12-10-13-20(24)6-2/h9-16,23H,5-8,17-19H2,1-4H3,(H,28,32)/t23-/m1/s1. The van der Waals surface area contributed by atoms with Gasteiger partial charge in [0.05, 0.1) is 11.9 Å². The molecular weight excluding hydrogens is 486 g/mol. The second-order valence-corrected chi connectivity index (χ2v) is 10.7. The summed E-state index contributed by atoms with van der Waals surface area (Å²) in [6.45, 7) is 5.98. The molecule has 0 saturated heterocycles. The molecule has 9 heteroatoms. The summed E-state index contributed by atoms with van der Waals surface area (Å²) < 4.78 is 26.7. The number of hydrogen-bond donors (Lipinski definition) is 1. The Labute approximate surface area is 214 Å². The maximum Gasteiger partial charge on any atom is 0.244 e. The van der Waals surface area contributed by atoms with Gasteiger partial charge in [-0.2, -0.15) is 0 Å². The monoisotopic (exact) mass is 521 g/mol. The van der Waals surface area contributed by atoms with E-state index in [1.165, 1.54) is 4.90 Å². The van der Waals surface area contributed by atoms with Gasteiger partial charge in [0.1, 0.15) is 12.6 Å². The van der Waals surface area contributed by atoms with Crippen molar-refractivity contribution in [3.63, 3.8) is 0 Å². The van der Waals surface area contributed by atoms with Crippen molar-refractivity contribution >= 4 is 39.1 Å². The van der Waals surface area contributed by atoms with Crippen molar-refractivity contribution in [3.05, 3.63) is 64.7 Å². The molecule has 192 valence electrons. The number of benzene rings is 2. The van der Waals surface area contributed by atoms with Crippen LogP contribution < -0.4 is 9.62 Å². The van der Waals surface area contributed by atoms with Crippen molar-refractivity contribution < 1.29 is 18.0 Å². The van der Waals surface area contributed by atoms with Gasteiger partial charge in [-0.1, -0.05) is 75.2 Å². The molecule has 0 aliphatic carbocycles. The molecule has 0 radical (unpaired) electrons. The zero-order valence-corrected chi connectivity index (χ0v) is 22.5. The number of hydrogen-bond acceptors (Lipinski definition) is 4. The van der Waals surface area contributed by atoms with E-state index in [9.17, 15) is 18.0 Å². The average molecular weight is 522 g/mol. The molecule has 0 aliphatic rings. The van der Waals surface area contributed by atoms with Crippen LogP contribution in [0.4, 0.5) is 5.69 Å². The van der Waals surface area contributed by atoms with E-state index < -0.39 is 28.5 Å². The van der Waals surface area contributed by atoms with Crippen LogP contribution in [0.2, 0.25) is 5.02 Å². The summed E-state index contributed by atoms with van der Waals surface area (Å²) in [6.07, 6.45) is 3.82. The van der Waals surface area contributed by atoms with Crippen LogP contribution in [-0.4, -0.2) is 50.5 Å². The molecular formula is C26H36ClN3O4S. The largest absolute Gasteiger partial charge is 0.354 e. The molecule has 0 unspecified atom stereocenters. The molecule has 0 heterocycles. The zero-order chi connectivity index (χ0) is 26.0. The van der Waals surface area contributed by atoms with E-state index in [2.05, 4.69) is 5.32 Å². The van der Waals surface area contributed by atoms with Gasteiger partial charge >= 0.3 is 0 Å². The van der Waals surface area contributed by atoms with Gasteiger partial charge in [0.2, 0.25) is 21.8 Å². The first-order valence-electron chi connectivity index (χ1n) is 12.0. The zero-order valence-electron chi connectivity index (χ0n) is 21.0. The molecule has 0 bridgehead atoms. The number of carbonyl (C=O) groups excluding carboxylic acids is 2. The highest BCUT2D eigenvalue weighted by atomic mass is 35.5. The number of nitrogens with one attached hydrogen (secondary N) is 1. The van der Waals surface area contributed by atoms with Crippen LogP contribution in [0.3, 0.4) is 0 Å². The topological polar surface area (TPSA) is 86.8 Å². The lowest BCUT2D eigenvalue weighted by molar-refractivity contribution is -0.140. The van der Waals surface area contributed by atoms with Gasteiger partial charge in [-0.25, -0.2) is 8.42 Å². The Kier molecular flexibility index (Phi) is 11.0. The average Bonchev–Trinajstić information content (AvgIpc) is 2.82. The number of halogens is 1. The van der Waals surface area contributed by atoms with E-state index in [1.807, 2.05) is 39.0 Å². The Morgan fingerprint density at radius 3 is 2.20 bits per heavy atom. The highest BCUT2D eigenvalue weighted by Crippen LogP contribution is 2.25. The van der Waals surface area contributed by atoms with Crippen LogP contribution in [0, 0.1) is 0 Å². The summed E-state index contributed by atoms with van der Waals surface area (Å²) in [7, 11) is -3.77. The summed E-state index contributed by atoms with van der Waals surface area (Å²) in [5.74, 6) is -0.736. The van der Waals surface area contributed by atoms with Crippen LogP contribution >= 0.6 is 11.6 Å². The highest BCUT2D eigenvalue weighted by molar-refractivity contribution is 7.92. The lowest BCUT2D eigenvalue weighted by Crippen LogP contribution is -2.52. The fourth-order valence-electron chi connectivity index (χ4n) is 3.88. The SMILES string of the molecule is CCCCNC(=O)[C@@H](CC)N(Cc1ccccc1Cl)C(=O)CN(c1ccccc1CC)S(C)(=O)=O. The minimum Gasteiger partial charge on any atom is -0.354 e. The maximum atomic E-state index is 13.7. The second-order valence-electron chi connectivity index (χ2n) is 8.43. The van der Waals surface area contributed by atoms with Crippen molar-refractivity contribution in [2.45, 2.75) is 59.0 Å². The minimum atomic E-state index is -3.77. The van der Waals surface area contributed by atoms with Crippen LogP contribution in [-0.2, 0) is 32.6 Å². The fourth-order valence-corrected chi connectivity index (χ4v) is 4.96. The van der Waals surface area contributed by atoms with Gasteiger partial charge < -0.3 is 10.2 Å². The predicted octanol–water partition coefficient (Wildman–Crippen LogP) is 4.39. The maximum absolute atomic E-state index is 13.7. The Balaban J connectivity index is 2.45. The minimum absolute atomic E-state index is 0.0885. The van der Waals surface area contributed by atoms with Crippen molar-refractivity contribution in [2.75, 3.05) is 23.7 Å². The Morgan fingerprint density at radius 2 is 1.63 bits per heavy atom. The molecule has 35 heavy (non-hydrogen) atoms. The summed E-state index contributed by atoms with van der Waals surface area (Å²) >= 11 is 6.37. The molecule has 0 saturated carbocycles. The summed E-state index contributed by atoms with van der Waals surface area (Å²) in [5.41, 5.74) is 1.96. The molecule has 1 atom stereocenters. The van der Waals surface area contributed by atoms with Crippen LogP contribution in [0.5, 0.6) is 0 Å². The molecule has 7 nitrogen and oxygen atoms in total. The Bertz CT molecular complexity index is 1110. The third-order valence-corrected chi connectivity index (χ3v) is 7.33. The van der Waals surface area contributed by atoms with E-state index in [0.717, 1.165) is 29.0 Å². The molecule has 0 spiro atoms. The highest BCUT2D eigenvalue weighted by Gasteiger charge is 2.32. The van der Waals surface area contributed by atoms with E-state index in [0.29, 0.717) is 35.7 Å². The quantitative estimate of drug-likeness (QED) is 0.396. The van der Waals surface area contributed by atoms with Gasteiger partial charge in [-0.3, -0.25) is 13.9 Å². The molecule has 0 fully saturated rings. The van der Waals surface area contributed by atoms with Gasteiger partial charge in [0, 0.05) is 18.1 Å². The lowest BCUT2D eigenvalue weighted by Gasteiger charge is -2.33. The number of unbranched alkanes of at least 4 members (excludes halogenated alkanes) is 1. The summed E-state index contributed by atoms with van der Waals surface area (Å²) in [4.78, 5) is 28.2. The number of aryl methyl sites for hydroxylation is 1. The number of rotatable bonds is 13. The van der Waals surface area contributed by atoms with E-state index in [4.69, 9.17) is 11.6 Å². The molecule has 0 aromatic heterocycles. The second kappa shape index (κ2) is 13.5. The van der Waals surface area contributed by atoms with Crippen molar-refractivity contribution in [3.8, 4) is 0 Å². The number of carbonyl (C=O) groups is 2. The summed E-state index contributed by atoms with van der Waals surface area (Å²) in [6, 6.07) is 13.5. The molecule has 0 aliphatic heterocycles. The number of para-hydroxylation sites is 1. The smallest absolute Gasteiger partial charge is 0.244 e. The first-order chi connectivity index (χ1) is 16.6. The molecule has 2 aromatic rings. The van der Waals surface area contributed by atoms with E-state index in [-0.39, 0.29) is 12.5 Å². The van der Waals surface area contributed by atoms with Gasteiger partial charge in [0.15, 0.2) is 0 Å². The van der Waals surface area contributed by atoms with E-state index >= 15 is 0 Å². The molecule has 1 N–H and O–H groups in total. The van der Waals surface area contributed by atoms with Crippen molar-refractivity contribution in [1.82, 2.24) is 10.2 Å². The predicted molar refractivity (Wildman–Crippen MR) is 142 cm³/mol. The number of anilines is 1. The number of nitrogens with zero attached hydrogens (tertiary/aromatic N) is 2. The van der Waals surface area contributed by atoms with Crippen molar-refractivity contribution in [2.24, 2.45) is 0 Å².